The van der Waals surface area contributed by atoms with Crippen molar-refractivity contribution in [3.05, 3.63) is 17.0 Å². The van der Waals surface area contributed by atoms with E-state index in [0.717, 1.165) is 10.3 Å². The second kappa shape index (κ2) is 5.99. The zero-order chi connectivity index (χ0) is 11.3. The summed E-state index contributed by atoms with van der Waals surface area (Å²) in [5, 5.41) is 9.55. The van der Waals surface area contributed by atoms with Crippen molar-refractivity contribution in [2.45, 2.75) is 6.10 Å². The lowest BCUT2D eigenvalue weighted by atomic mass is 10.3. The van der Waals surface area contributed by atoms with Crippen molar-refractivity contribution in [1.82, 2.24) is 9.97 Å². The van der Waals surface area contributed by atoms with E-state index in [2.05, 4.69) is 25.9 Å². The molecule has 1 atom stereocenters. The third-order valence-corrected chi connectivity index (χ3v) is 2.41. The molecule has 0 aromatic carbocycles. The van der Waals surface area contributed by atoms with Gasteiger partial charge in [0.15, 0.2) is 0 Å². The predicted molar refractivity (Wildman–Crippen MR) is 60.9 cm³/mol. The van der Waals surface area contributed by atoms with Gasteiger partial charge >= 0.3 is 0 Å². The number of nitrogens with zero attached hydrogens (tertiary/aromatic N) is 3. The quantitative estimate of drug-likeness (QED) is 0.857. The molecule has 0 radical (unpaired) electrons. The molecule has 1 heterocycles. The van der Waals surface area contributed by atoms with E-state index in [-0.39, 0.29) is 0 Å². The van der Waals surface area contributed by atoms with Crippen molar-refractivity contribution < 1.29 is 9.84 Å². The van der Waals surface area contributed by atoms with Crippen molar-refractivity contribution in [1.29, 1.82) is 0 Å². The van der Waals surface area contributed by atoms with Crippen LogP contribution in [0.2, 0.25) is 0 Å². The third kappa shape index (κ3) is 3.73. The number of anilines is 1. The van der Waals surface area contributed by atoms with E-state index in [4.69, 9.17) is 4.74 Å². The third-order valence-electron chi connectivity index (χ3n) is 1.85. The average Bonchev–Trinajstić information content (AvgIpc) is 2.18. The number of rotatable bonds is 5. The second-order valence-corrected chi connectivity index (χ2v) is 4.04. The van der Waals surface area contributed by atoms with Crippen LogP contribution in [0.1, 0.15) is 0 Å². The maximum atomic E-state index is 9.55. The monoisotopic (exact) mass is 275 g/mol. The Labute approximate surface area is 97.2 Å². The molecule has 0 bridgehead atoms. The first-order valence-electron chi connectivity index (χ1n) is 4.48. The van der Waals surface area contributed by atoms with Gasteiger partial charge in [0.1, 0.15) is 12.1 Å². The lowest BCUT2D eigenvalue weighted by Crippen LogP contribution is -2.32. The maximum Gasteiger partial charge on any atom is 0.146 e. The number of likely N-dealkylation sites (N-methyl/N-ethyl adjacent to an activating group) is 1. The Morgan fingerprint density at radius 2 is 2.40 bits per heavy atom. The minimum absolute atomic E-state index is 0.313. The van der Waals surface area contributed by atoms with E-state index in [1.807, 2.05) is 11.9 Å². The Bertz CT molecular complexity index is 311. The zero-order valence-electron chi connectivity index (χ0n) is 8.72. The average molecular weight is 276 g/mol. The lowest BCUT2D eigenvalue weighted by Gasteiger charge is -2.21. The summed E-state index contributed by atoms with van der Waals surface area (Å²) < 4.78 is 5.65. The first kappa shape index (κ1) is 12.4. The molecule has 84 valence electrons. The highest BCUT2D eigenvalue weighted by Gasteiger charge is 2.11. The smallest absolute Gasteiger partial charge is 0.146 e. The first-order chi connectivity index (χ1) is 7.15. The first-order valence-corrected chi connectivity index (χ1v) is 5.28. The van der Waals surface area contributed by atoms with Crippen LogP contribution in [0, 0.1) is 0 Å². The molecule has 5 nitrogen and oxygen atoms in total. The van der Waals surface area contributed by atoms with Gasteiger partial charge in [-0.05, 0) is 15.9 Å². The predicted octanol–water partition coefficient (Wildman–Crippen LogP) is 0.683. The van der Waals surface area contributed by atoms with Gasteiger partial charge in [-0.25, -0.2) is 9.97 Å². The number of hydrogen-bond acceptors (Lipinski definition) is 5. The molecule has 1 N–H and O–H groups in total. The highest BCUT2D eigenvalue weighted by atomic mass is 79.9. The van der Waals surface area contributed by atoms with Crippen molar-refractivity contribution in [3.8, 4) is 0 Å². The Balaban J connectivity index is 2.61. The molecule has 1 unspecified atom stereocenters. The highest BCUT2D eigenvalue weighted by molar-refractivity contribution is 9.10. The van der Waals surface area contributed by atoms with Crippen molar-refractivity contribution >= 4 is 21.7 Å². The normalized spacial score (nSPS) is 12.5. The molecule has 0 saturated carbocycles. The van der Waals surface area contributed by atoms with Gasteiger partial charge in [0.05, 0.1) is 17.2 Å². The molecule has 6 heteroatoms. The number of methoxy groups -OCH3 is 1. The number of halogens is 1. The summed E-state index contributed by atoms with van der Waals surface area (Å²) in [4.78, 5) is 9.82. The molecular formula is C9H14BrN3O2. The van der Waals surface area contributed by atoms with Crippen molar-refractivity contribution in [3.63, 3.8) is 0 Å². The van der Waals surface area contributed by atoms with E-state index >= 15 is 0 Å². The van der Waals surface area contributed by atoms with E-state index in [1.165, 1.54) is 6.33 Å². The molecule has 1 aromatic heterocycles. The minimum atomic E-state index is -0.526. The molecule has 0 saturated heterocycles. The standard InChI is InChI=1S/C9H14BrN3O2/c1-13(4-7(14)5-15-2)9-8(10)3-11-6-12-9/h3,6-7,14H,4-5H2,1-2H3. The fraction of sp³-hybridized carbons (Fsp3) is 0.556. The SMILES string of the molecule is COCC(O)CN(C)c1ncncc1Br. The largest absolute Gasteiger partial charge is 0.389 e. The Morgan fingerprint density at radius 3 is 3.00 bits per heavy atom. The van der Waals surface area contributed by atoms with Gasteiger partial charge in [-0.15, -0.1) is 0 Å². The van der Waals surface area contributed by atoms with E-state index in [0.29, 0.717) is 13.2 Å². The van der Waals surface area contributed by atoms with Gasteiger partial charge in [-0.2, -0.15) is 0 Å². The molecular weight excluding hydrogens is 262 g/mol. The fourth-order valence-electron chi connectivity index (χ4n) is 1.23. The van der Waals surface area contributed by atoms with Crippen LogP contribution in [-0.4, -0.2) is 48.5 Å². The van der Waals surface area contributed by atoms with Crippen LogP contribution in [0.3, 0.4) is 0 Å². The topological polar surface area (TPSA) is 58.5 Å². The number of ether oxygens (including phenoxy) is 1. The number of aromatic nitrogens is 2. The molecule has 1 rings (SSSR count). The molecule has 15 heavy (non-hydrogen) atoms. The molecule has 1 aromatic rings. The molecule has 0 amide bonds. The van der Waals surface area contributed by atoms with Crippen LogP contribution in [0.25, 0.3) is 0 Å². The Hall–Kier alpha value is -0.720. The van der Waals surface area contributed by atoms with Gasteiger partial charge < -0.3 is 14.7 Å². The Kier molecular flexibility index (Phi) is 4.93. The van der Waals surface area contributed by atoms with Crippen LogP contribution >= 0.6 is 15.9 Å². The minimum Gasteiger partial charge on any atom is -0.389 e. The summed E-state index contributed by atoms with van der Waals surface area (Å²) in [6.45, 7) is 0.774. The number of aliphatic hydroxyl groups is 1. The zero-order valence-corrected chi connectivity index (χ0v) is 10.3. The summed E-state index contributed by atoms with van der Waals surface area (Å²) in [6.07, 6.45) is 2.61. The van der Waals surface area contributed by atoms with Gasteiger partial charge in [0.25, 0.3) is 0 Å². The summed E-state index contributed by atoms with van der Waals surface area (Å²) in [7, 11) is 3.41. The summed E-state index contributed by atoms with van der Waals surface area (Å²) >= 11 is 3.35. The van der Waals surface area contributed by atoms with Gasteiger partial charge in [0.2, 0.25) is 0 Å². The molecule has 0 spiro atoms. The molecule has 0 fully saturated rings. The van der Waals surface area contributed by atoms with Gasteiger partial charge in [-0.1, -0.05) is 0 Å². The van der Waals surface area contributed by atoms with E-state index < -0.39 is 6.10 Å². The van der Waals surface area contributed by atoms with E-state index in [1.54, 1.807) is 13.3 Å². The van der Waals surface area contributed by atoms with E-state index in [9.17, 15) is 5.11 Å². The van der Waals surface area contributed by atoms with Crippen LogP contribution in [0.15, 0.2) is 17.0 Å². The molecule has 0 aliphatic rings. The van der Waals surface area contributed by atoms with Gasteiger partial charge in [0, 0.05) is 26.9 Å². The second-order valence-electron chi connectivity index (χ2n) is 3.18. The lowest BCUT2D eigenvalue weighted by molar-refractivity contribution is 0.0694. The molecule has 0 aliphatic carbocycles. The van der Waals surface area contributed by atoms with Crippen LogP contribution in [0.5, 0.6) is 0 Å². The van der Waals surface area contributed by atoms with Crippen LogP contribution in [-0.2, 0) is 4.74 Å². The summed E-state index contributed by atoms with van der Waals surface area (Å²) in [5.41, 5.74) is 0. The summed E-state index contributed by atoms with van der Waals surface area (Å²) in [6, 6.07) is 0. The fourth-order valence-corrected chi connectivity index (χ4v) is 1.76. The number of aliphatic hydroxyl groups excluding tert-OH is 1. The highest BCUT2D eigenvalue weighted by Crippen LogP contribution is 2.20. The van der Waals surface area contributed by atoms with Crippen LogP contribution in [0.4, 0.5) is 5.82 Å². The van der Waals surface area contributed by atoms with Crippen molar-refractivity contribution in [2.24, 2.45) is 0 Å². The van der Waals surface area contributed by atoms with Gasteiger partial charge in [-0.3, -0.25) is 0 Å². The molecule has 0 aliphatic heterocycles. The summed E-state index contributed by atoms with van der Waals surface area (Å²) in [5.74, 6) is 0.750. The van der Waals surface area contributed by atoms with Crippen LogP contribution < -0.4 is 4.90 Å². The Morgan fingerprint density at radius 1 is 1.67 bits per heavy atom. The number of hydrogen-bond donors (Lipinski definition) is 1. The maximum absolute atomic E-state index is 9.55. The van der Waals surface area contributed by atoms with Crippen molar-refractivity contribution in [2.75, 3.05) is 32.2 Å².